The lowest BCUT2D eigenvalue weighted by Gasteiger charge is -2.09. The first kappa shape index (κ1) is 34.2. The van der Waals surface area contributed by atoms with E-state index in [2.05, 4.69) is 4.99 Å². The van der Waals surface area contributed by atoms with Crippen molar-refractivity contribution in [1.82, 2.24) is 0 Å². The second-order valence-electron chi connectivity index (χ2n) is 10.6. The van der Waals surface area contributed by atoms with Gasteiger partial charge in [-0.25, -0.2) is 9.79 Å². The molecule has 0 unspecified atom stereocenters. The summed E-state index contributed by atoms with van der Waals surface area (Å²) >= 11 is 12.3. The number of hydrogen-bond acceptors (Lipinski definition) is 2. The van der Waals surface area contributed by atoms with Crippen molar-refractivity contribution < 1.29 is 4.79 Å². The minimum absolute atomic E-state index is 0.664. The van der Waals surface area contributed by atoms with E-state index >= 15 is 0 Å². The molecule has 5 heteroatoms. The maximum absolute atomic E-state index is 9.97. The van der Waals surface area contributed by atoms with Crippen molar-refractivity contribution in [3.05, 3.63) is 0 Å². The monoisotopic (exact) mass is 533 g/mol. The Labute approximate surface area is 223 Å². The number of carbonyl (C=O) groups excluding carboxylic acids is 1. The van der Waals surface area contributed by atoms with Gasteiger partial charge in [-0.15, -0.1) is 22.2 Å². The number of unbranched alkanes of at least 4 members (excludes halogenated alkanes) is 24. The first-order chi connectivity index (χ1) is 16.6. The molecule has 0 aromatic carbocycles. The van der Waals surface area contributed by atoms with Crippen LogP contribution in [0.4, 0.5) is 0 Å². The van der Waals surface area contributed by atoms with Crippen LogP contribution in [-0.2, 0) is 4.79 Å². The van der Waals surface area contributed by atoms with Crippen LogP contribution in [0.5, 0.6) is 0 Å². The molecule has 0 amide bonds. The van der Waals surface area contributed by atoms with E-state index in [-0.39, 0.29) is 0 Å². The summed E-state index contributed by atoms with van der Waals surface area (Å²) in [5.41, 5.74) is 0. The highest BCUT2D eigenvalue weighted by atomic mass is 35.7. The molecule has 202 valence electrons. The Bertz CT molecular complexity index is 450. The Morgan fingerprint density at radius 2 is 0.706 bits per heavy atom. The highest BCUT2D eigenvalue weighted by Crippen LogP contribution is 2.23. The minimum atomic E-state index is -1.84. The van der Waals surface area contributed by atoms with E-state index in [0.29, 0.717) is 6.54 Å². The normalized spacial score (nSPS) is 11.6. The molecule has 0 atom stereocenters. The van der Waals surface area contributed by atoms with Crippen LogP contribution in [0.2, 0.25) is 12.6 Å². The predicted molar refractivity (Wildman–Crippen MR) is 157 cm³/mol. The Morgan fingerprint density at radius 1 is 0.471 bits per heavy atom. The molecule has 0 aliphatic heterocycles. The summed E-state index contributed by atoms with van der Waals surface area (Å²) in [6.45, 7) is 0.853. The average molecular weight is 535 g/mol. The summed E-state index contributed by atoms with van der Waals surface area (Å²) in [7, 11) is 0. The lowest BCUT2D eigenvalue weighted by molar-refractivity contribution is 0.516. The Morgan fingerprint density at radius 3 is 0.941 bits per heavy atom. The summed E-state index contributed by atoms with van der Waals surface area (Å²) in [5, 5.41) is 0. The largest absolute Gasteiger partial charge is 0.248 e. The zero-order valence-electron chi connectivity index (χ0n) is 22.7. The maximum Gasteiger partial charge on any atom is 0.248 e. The maximum atomic E-state index is 9.97. The van der Waals surface area contributed by atoms with E-state index in [4.69, 9.17) is 22.2 Å². The fraction of sp³-hybridized carbons (Fsp3) is 0.966. The van der Waals surface area contributed by atoms with Gasteiger partial charge in [0.1, 0.15) is 0 Å². The molecule has 0 spiro atoms. The third-order valence-electron chi connectivity index (χ3n) is 6.95. The number of isocyanates is 1. The fourth-order valence-electron chi connectivity index (χ4n) is 4.74. The molecular weight excluding hydrogens is 477 g/mol. The van der Waals surface area contributed by atoms with E-state index < -0.39 is 6.69 Å². The Balaban J connectivity index is 3.05. The minimum Gasteiger partial charge on any atom is -0.211 e. The summed E-state index contributed by atoms with van der Waals surface area (Å²) in [6, 6.07) is 1.06. The van der Waals surface area contributed by atoms with Crippen molar-refractivity contribution in [2.75, 3.05) is 6.54 Å². The average Bonchev–Trinajstić information content (AvgIpc) is 2.80. The molecule has 0 rings (SSSR count). The first-order valence-electron chi connectivity index (χ1n) is 15.0. The molecule has 0 aliphatic rings. The zero-order chi connectivity index (χ0) is 25.0. The molecule has 0 N–H and O–H groups in total. The number of rotatable bonds is 28. The van der Waals surface area contributed by atoms with E-state index in [1.54, 1.807) is 6.08 Å². The van der Waals surface area contributed by atoms with Crippen LogP contribution in [-0.4, -0.2) is 19.3 Å². The lowest BCUT2D eigenvalue weighted by Crippen LogP contribution is -2.11. The van der Waals surface area contributed by atoms with Crippen LogP contribution >= 0.6 is 22.2 Å². The molecule has 0 fully saturated rings. The molecule has 0 aromatic rings. The highest BCUT2D eigenvalue weighted by molar-refractivity contribution is 7.44. The van der Waals surface area contributed by atoms with Crippen molar-refractivity contribution in [1.29, 1.82) is 0 Å². The van der Waals surface area contributed by atoms with Crippen LogP contribution in [0.25, 0.3) is 0 Å². The molecule has 0 aliphatic carbocycles. The van der Waals surface area contributed by atoms with Gasteiger partial charge in [0.15, 0.2) is 0 Å². The number of halogens is 2. The molecular formula is C29H57Cl2NOSi. The van der Waals surface area contributed by atoms with E-state index in [1.165, 1.54) is 154 Å². The van der Waals surface area contributed by atoms with Gasteiger partial charge in [0.25, 0.3) is 0 Å². The second-order valence-corrected chi connectivity index (χ2v) is 18.9. The third kappa shape index (κ3) is 32.2. The van der Waals surface area contributed by atoms with Gasteiger partial charge in [0, 0.05) is 0 Å². The summed E-state index contributed by atoms with van der Waals surface area (Å²) in [6.07, 6.45) is 36.2. The van der Waals surface area contributed by atoms with Crippen molar-refractivity contribution in [2.45, 2.75) is 173 Å². The third-order valence-corrected chi connectivity index (χ3v) is 9.32. The van der Waals surface area contributed by atoms with Crippen LogP contribution in [0.3, 0.4) is 0 Å². The van der Waals surface area contributed by atoms with Gasteiger partial charge in [-0.1, -0.05) is 154 Å². The van der Waals surface area contributed by atoms with Crippen LogP contribution in [0.15, 0.2) is 4.99 Å². The summed E-state index contributed by atoms with van der Waals surface area (Å²) in [5.74, 6) is 0. The molecule has 0 aromatic heterocycles. The van der Waals surface area contributed by atoms with Crippen molar-refractivity contribution in [3.63, 3.8) is 0 Å². The summed E-state index contributed by atoms with van der Waals surface area (Å²) < 4.78 is 0. The van der Waals surface area contributed by atoms with Gasteiger partial charge in [-0.3, -0.25) is 0 Å². The van der Waals surface area contributed by atoms with Crippen LogP contribution in [0.1, 0.15) is 161 Å². The van der Waals surface area contributed by atoms with Crippen molar-refractivity contribution in [2.24, 2.45) is 4.99 Å². The standard InChI is InChI=1S/C29H57Cl2NOSi/c1-34(30,31)28-26-24-22-20-18-16-14-12-10-8-6-4-2-3-5-7-9-11-13-15-17-19-21-23-25-27-32-29-33/h2-28H2,1H3. The van der Waals surface area contributed by atoms with Crippen molar-refractivity contribution >= 4 is 34.9 Å². The number of hydrogen-bond donors (Lipinski definition) is 0. The fourth-order valence-corrected chi connectivity index (χ4v) is 6.41. The van der Waals surface area contributed by atoms with Crippen LogP contribution in [0, 0.1) is 0 Å². The van der Waals surface area contributed by atoms with Gasteiger partial charge in [-0.05, 0) is 19.0 Å². The van der Waals surface area contributed by atoms with E-state index in [9.17, 15) is 4.79 Å². The van der Waals surface area contributed by atoms with Gasteiger partial charge >= 0.3 is 0 Å². The van der Waals surface area contributed by atoms with Crippen LogP contribution < -0.4 is 0 Å². The Kier molecular flexibility index (Phi) is 27.9. The van der Waals surface area contributed by atoms with Gasteiger partial charge in [0.05, 0.1) is 6.54 Å². The smallest absolute Gasteiger partial charge is 0.211 e. The van der Waals surface area contributed by atoms with Gasteiger partial charge in [0.2, 0.25) is 12.8 Å². The number of nitrogens with zero attached hydrogens (tertiary/aromatic N) is 1. The molecule has 0 saturated heterocycles. The summed E-state index contributed by atoms with van der Waals surface area (Å²) in [4.78, 5) is 13.6. The molecule has 34 heavy (non-hydrogen) atoms. The van der Waals surface area contributed by atoms with Crippen molar-refractivity contribution in [3.8, 4) is 0 Å². The van der Waals surface area contributed by atoms with Gasteiger partial charge in [-0.2, -0.15) is 0 Å². The molecule has 0 bridgehead atoms. The lowest BCUT2D eigenvalue weighted by atomic mass is 10.0. The number of aliphatic imine (C=N–C) groups is 1. The molecule has 0 heterocycles. The molecule has 0 saturated carbocycles. The Hall–Kier alpha value is 0.177. The van der Waals surface area contributed by atoms with Gasteiger partial charge < -0.3 is 0 Å². The zero-order valence-corrected chi connectivity index (χ0v) is 25.2. The SMILES string of the molecule is C[Si](Cl)(Cl)CCCCCCCCCCCCCCCCCCCCCCCCCCCN=C=O. The quantitative estimate of drug-likeness (QED) is 0.0323. The predicted octanol–water partition coefficient (Wildman–Crippen LogP) is 11.6. The topological polar surface area (TPSA) is 29.4 Å². The molecule has 0 radical (unpaired) electrons. The molecule has 2 nitrogen and oxygen atoms in total. The van der Waals surface area contributed by atoms with E-state index in [1.807, 2.05) is 6.55 Å². The highest BCUT2D eigenvalue weighted by Gasteiger charge is 2.19. The first-order valence-corrected chi connectivity index (χ1v) is 19.7. The second kappa shape index (κ2) is 27.8. The van der Waals surface area contributed by atoms with E-state index in [0.717, 1.165) is 12.5 Å².